The fraction of sp³-hybridized carbons (Fsp3) is 0.0625. The first-order valence-corrected chi connectivity index (χ1v) is 7.16. The molecule has 0 saturated carbocycles. The number of phenols is 3. The molecule has 112 valence electrons. The second-order valence-corrected chi connectivity index (χ2v) is 5.80. The van der Waals surface area contributed by atoms with Crippen molar-refractivity contribution in [1.29, 1.82) is 0 Å². The van der Waals surface area contributed by atoms with E-state index in [2.05, 4.69) is 15.9 Å². The largest absolute Gasteiger partial charge is 0.507 e. The minimum Gasteiger partial charge on any atom is -0.507 e. The Hall–Kier alpha value is -2.47. The third kappa shape index (κ3) is 2.21. The van der Waals surface area contributed by atoms with Crippen LogP contribution in [0.3, 0.4) is 0 Å². The van der Waals surface area contributed by atoms with Gasteiger partial charge in [-0.25, -0.2) is 0 Å². The number of hydrogen-bond acceptors (Lipinski definition) is 5. The van der Waals surface area contributed by atoms with Gasteiger partial charge in [0.05, 0.1) is 0 Å². The van der Waals surface area contributed by atoms with E-state index < -0.39 is 5.78 Å². The van der Waals surface area contributed by atoms with E-state index in [1.165, 1.54) is 12.1 Å². The Bertz CT molecular complexity index is 839. The highest BCUT2D eigenvalue weighted by Gasteiger charge is 2.33. The minimum atomic E-state index is -0.505. The van der Waals surface area contributed by atoms with Crippen LogP contribution in [0.15, 0.2) is 34.5 Å². The van der Waals surface area contributed by atoms with Gasteiger partial charge in [-0.2, -0.15) is 0 Å². The topological polar surface area (TPSA) is 87.0 Å². The highest BCUT2D eigenvalue weighted by Crippen LogP contribution is 2.44. The Morgan fingerprint density at radius 3 is 2.55 bits per heavy atom. The van der Waals surface area contributed by atoms with E-state index in [4.69, 9.17) is 4.74 Å². The molecular weight excluding hydrogens is 352 g/mol. The molecule has 0 radical (unpaired) electrons. The van der Waals surface area contributed by atoms with Crippen molar-refractivity contribution in [2.75, 3.05) is 0 Å². The molecule has 5 nitrogen and oxygen atoms in total. The van der Waals surface area contributed by atoms with Gasteiger partial charge in [0.15, 0.2) is 5.76 Å². The Labute approximate surface area is 134 Å². The summed E-state index contributed by atoms with van der Waals surface area (Å²) in [5.74, 6) is -0.918. The zero-order chi connectivity index (χ0) is 16.0. The Kier molecular flexibility index (Phi) is 3.33. The number of aromatic hydroxyl groups is 3. The van der Waals surface area contributed by atoms with Gasteiger partial charge < -0.3 is 20.1 Å². The van der Waals surface area contributed by atoms with Gasteiger partial charge in [-0.3, -0.25) is 4.79 Å². The Balaban J connectivity index is 2.12. The summed E-state index contributed by atoms with van der Waals surface area (Å²) in [4.78, 5) is 12.4. The number of carbonyl (C=O) groups is 1. The Morgan fingerprint density at radius 2 is 1.82 bits per heavy atom. The SMILES string of the molecule is Cc1c(O)cc(O)c2c1O/C(=C\c1cc(Br)ccc1O)C2=O. The molecule has 1 heterocycles. The molecule has 0 amide bonds. The molecule has 6 heteroatoms. The van der Waals surface area contributed by atoms with E-state index in [9.17, 15) is 20.1 Å². The number of fused-ring (bicyclic) bond motifs is 1. The number of carbonyl (C=O) groups excluding carboxylic acids is 1. The van der Waals surface area contributed by atoms with Crippen LogP contribution in [0.4, 0.5) is 0 Å². The van der Waals surface area contributed by atoms with Crippen molar-refractivity contribution in [1.82, 2.24) is 0 Å². The van der Waals surface area contributed by atoms with Crippen LogP contribution in [0.1, 0.15) is 21.5 Å². The van der Waals surface area contributed by atoms with E-state index in [0.717, 1.165) is 10.5 Å². The second-order valence-electron chi connectivity index (χ2n) is 4.89. The lowest BCUT2D eigenvalue weighted by Crippen LogP contribution is -1.98. The number of benzene rings is 2. The number of allylic oxidation sites excluding steroid dienone is 1. The number of halogens is 1. The van der Waals surface area contributed by atoms with E-state index >= 15 is 0 Å². The predicted molar refractivity (Wildman–Crippen MR) is 83.3 cm³/mol. The van der Waals surface area contributed by atoms with E-state index in [-0.39, 0.29) is 34.3 Å². The maximum absolute atomic E-state index is 12.4. The molecule has 0 unspecified atom stereocenters. The zero-order valence-electron chi connectivity index (χ0n) is 11.4. The molecule has 0 atom stereocenters. The van der Waals surface area contributed by atoms with E-state index in [0.29, 0.717) is 11.1 Å². The van der Waals surface area contributed by atoms with Crippen LogP contribution >= 0.6 is 15.9 Å². The average Bonchev–Trinajstić information content (AvgIpc) is 2.78. The number of Topliss-reactive ketones (excluding diaryl/α,β-unsaturated/α-hetero) is 1. The quantitative estimate of drug-likeness (QED) is 0.676. The van der Waals surface area contributed by atoms with E-state index in [1.54, 1.807) is 19.1 Å². The summed E-state index contributed by atoms with van der Waals surface area (Å²) in [5.41, 5.74) is 0.769. The van der Waals surface area contributed by atoms with Gasteiger partial charge in [0.25, 0.3) is 0 Å². The first-order chi connectivity index (χ1) is 10.4. The van der Waals surface area contributed by atoms with Crippen molar-refractivity contribution in [3.8, 4) is 23.0 Å². The summed E-state index contributed by atoms with van der Waals surface area (Å²) in [6.07, 6.45) is 1.39. The van der Waals surface area contributed by atoms with Crippen molar-refractivity contribution < 1.29 is 24.9 Å². The highest BCUT2D eigenvalue weighted by atomic mass is 79.9. The van der Waals surface area contributed by atoms with Crippen LogP contribution < -0.4 is 4.74 Å². The lowest BCUT2D eigenvalue weighted by molar-refractivity contribution is 0.101. The molecule has 1 aliphatic heterocycles. The first-order valence-electron chi connectivity index (χ1n) is 6.36. The van der Waals surface area contributed by atoms with Crippen LogP contribution in [0, 0.1) is 6.92 Å². The summed E-state index contributed by atoms with van der Waals surface area (Å²) in [6, 6.07) is 5.89. The fourth-order valence-electron chi connectivity index (χ4n) is 2.23. The van der Waals surface area contributed by atoms with Gasteiger partial charge in [0.2, 0.25) is 5.78 Å². The molecule has 3 N–H and O–H groups in total. The summed E-state index contributed by atoms with van der Waals surface area (Å²) >= 11 is 3.28. The number of ether oxygens (including phenoxy) is 1. The molecule has 0 spiro atoms. The van der Waals surface area contributed by atoms with Gasteiger partial charge in [0.1, 0.15) is 28.6 Å². The van der Waals surface area contributed by atoms with Crippen LogP contribution in [-0.2, 0) is 0 Å². The first kappa shape index (κ1) is 14.5. The average molecular weight is 363 g/mol. The lowest BCUT2D eigenvalue weighted by atomic mass is 10.0. The summed E-state index contributed by atoms with van der Waals surface area (Å²) in [6.45, 7) is 1.58. The maximum atomic E-state index is 12.4. The van der Waals surface area contributed by atoms with Gasteiger partial charge in [-0.05, 0) is 31.2 Å². The van der Waals surface area contributed by atoms with Crippen molar-refractivity contribution in [3.05, 3.63) is 51.2 Å². The normalized spacial score (nSPS) is 15.0. The van der Waals surface area contributed by atoms with Crippen molar-refractivity contribution in [2.45, 2.75) is 6.92 Å². The lowest BCUT2D eigenvalue weighted by Gasteiger charge is -2.06. The molecule has 22 heavy (non-hydrogen) atoms. The number of hydrogen-bond donors (Lipinski definition) is 3. The van der Waals surface area contributed by atoms with Crippen LogP contribution in [0.2, 0.25) is 0 Å². The summed E-state index contributed by atoms with van der Waals surface area (Å²) in [7, 11) is 0. The molecule has 2 aromatic rings. The van der Waals surface area contributed by atoms with Crippen molar-refractivity contribution >= 4 is 27.8 Å². The number of phenolic OH excluding ortho intramolecular Hbond substituents is 3. The number of ketones is 1. The Morgan fingerprint density at radius 1 is 1.09 bits per heavy atom. The second kappa shape index (κ2) is 5.06. The summed E-state index contributed by atoms with van der Waals surface area (Å²) < 4.78 is 6.21. The van der Waals surface area contributed by atoms with Gasteiger partial charge in [-0.1, -0.05) is 15.9 Å². The molecule has 0 aliphatic carbocycles. The molecule has 2 aromatic carbocycles. The van der Waals surface area contributed by atoms with Gasteiger partial charge in [0, 0.05) is 21.7 Å². The molecular formula is C16H11BrO5. The van der Waals surface area contributed by atoms with Crippen molar-refractivity contribution in [2.24, 2.45) is 0 Å². The minimum absolute atomic E-state index is 0.00755. The molecule has 3 rings (SSSR count). The smallest absolute Gasteiger partial charge is 0.235 e. The standard InChI is InChI=1S/C16H11BrO5/c1-7-11(19)6-12(20)14-15(21)13(22-16(7)14)5-8-4-9(17)2-3-10(8)18/h2-6,18-20H,1H3/b13-5-. The monoisotopic (exact) mass is 362 g/mol. The third-order valence-electron chi connectivity index (χ3n) is 3.42. The fourth-order valence-corrected chi connectivity index (χ4v) is 2.61. The molecule has 0 fully saturated rings. The zero-order valence-corrected chi connectivity index (χ0v) is 13.0. The summed E-state index contributed by atoms with van der Waals surface area (Å²) in [5, 5.41) is 29.4. The third-order valence-corrected chi connectivity index (χ3v) is 3.91. The van der Waals surface area contributed by atoms with Crippen LogP contribution in [0.5, 0.6) is 23.0 Å². The number of rotatable bonds is 1. The van der Waals surface area contributed by atoms with Gasteiger partial charge >= 0.3 is 0 Å². The molecule has 0 bridgehead atoms. The molecule has 1 aliphatic rings. The molecule has 0 aromatic heterocycles. The van der Waals surface area contributed by atoms with Crippen molar-refractivity contribution in [3.63, 3.8) is 0 Å². The van der Waals surface area contributed by atoms with Crippen LogP contribution in [0.25, 0.3) is 6.08 Å². The van der Waals surface area contributed by atoms with E-state index in [1.807, 2.05) is 0 Å². The van der Waals surface area contributed by atoms with Crippen LogP contribution in [-0.4, -0.2) is 21.1 Å². The molecule has 0 saturated heterocycles. The maximum Gasteiger partial charge on any atom is 0.235 e. The highest BCUT2D eigenvalue weighted by molar-refractivity contribution is 9.10. The van der Waals surface area contributed by atoms with Gasteiger partial charge in [-0.15, -0.1) is 0 Å². The predicted octanol–water partition coefficient (Wildman–Crippen LogP) is 3.49.